The van der Waals surface area contributed by atoms with E-state index in [0.717, 1.165) is 51.2 Å². The first-order valence-electron chi connectivity index (χ1n) is 10.3. The summed E-state index contributed by atoms with van der Waals surface area (Å²) in [6.07, 6.45) is 10.7. The van der Waals surface area contributed by atoms with Crippen molar-refractivity contribution in [2.24, 2.45) is 0 Å². The fourth-order valence-electron chi connectivity index (χ4n) is 4.85. The van der Waals surface area contributed by atoms with Crippen LogP contribution in [0.3, 0.4) is 0 Å². The van der Waals surface area contributed by atoms with Crippen LogP contribution in [0.25, 0.3) is 0 Å². The second-order valence-corrected chi connectivity index (χ2v) is 7.86. The molecule has 0 aromatic heterocycles. The Morgan fingerprint density at radius 1 is 1.16 bits per heavy atom. The summed E-state index contributed by atoms with van der Waals surface area (Å²) >= 11 is 0. The first-order valence-corrected chi connectivity index (χ1v) is 10.3. The molecule has 0 spiro atoms. The van der Waals surface area contributed by atoms with Crippen LogP contribution < -0.4 is 5.32 Å². The number of carbonyl (C=O) groups is 1. The third kappa shape index (κ3) is 4.25. The van der Waals surface area contributed by atoms with Gasteiger partial charge in [0.1, 0.15) is 0 Å². The lowest BCUT2D eigenvalue weighted by molar-refractivity contribution is -0.126. The molecule has 3 rings (SSSR count). The largest absolute Gasteiger partial charge is 0.355 e. The van der Waals surface area contributed by atoms with E-state index in [1.54, 1.807) is 0 Å². The van der Waals surface area contributed by atoms with Gasteiger partial charge in [-0.3, -0.25) is 4.79 Å². The second-order valence-electron chi connectivity index (χ2n) is 7.86. The van der Waals surface area contributed by atoms with Gasteiger partial charge >= 0.3 is 0 Å². The molecule has 1 atom stereocenters. The number of carbonyl (C=O) groups excluding carboxylic acids is 1. The average molecular weight is 343 g/mol. The number of piperidine rings is 1. The third-order valence-electron chi connectivity index (χ3n) is 6.35. The summed E-state index contributed by atoms with van der Waals surface area (Å²) in [6.45, 7) is 5.46. The molecule has 138 valence electrons. The summed E-state index contributed by atoms with van der Waals surface area (Å²) in [5.74, 6) is 0.252. The molecule has 1 aromatic carbocycles. The van der Waals surface area contributed by atoms with Crippen molar-refractivity contribution in [2.75, 3.05) is 19.6 Å². The van der Waals surface area contributed by atoms with Gasteiger partial charge in [0.2, 0.25) is 5.91 Å². The minimum Gasteiger partial charge on any atom is -0.355 e. The number of rotatable bonds is 7. The standard InChI is InChI=1S/C22H34N2O/c1-2-20-13-6-9-17-24(20)18-10-16-23-21(25)22(14-7-8-15-22)19-11-4-3-5-12-19/h3-5,11-12,20H,2,6-10,13-18H2,1H3,(H,23,25)/t20-/m1/s1. The molecule has 1 aromatic rings. The number of benzene rings is 1. The summed E-state index contributed by atoms with van der Waals surface area (Å²) in [5.41, 5.74) is 0.922. The maximum absolute atomic E-state index is 13.0. The quantitative estimate of drug-likeness (QED) is 0.751. The minimum absolute atomic E-state index is 0.252. The van der Waals surface area contributed by atoms with Gasteiger partial charge in [0.05, 0.1) is 5.41 Å². The molecule has 0 radical (unpaired) electrons. The molecule has 1 aliphatic carbocycles. The molecule has 0 bridgehead atoms. The molecule has 1 amide bonds. The van der Waals surface area contributed by atoms with E-state index in [0.29, 0.717) is 0 Å². The van der Waals surface area contributed by atoms with Gasteiger partial charge in [-0.1, -0.05) is 56.5 Å². The molecule has 2 fully saturated rings. The fraction of sp³-hybridized carbons (Fsp3) is 0.682. The topological polar surface area (TPSA) is 32.3 Å². The lowest BCUT2D eigenvalue weighted by atomic mass is 9.78. The van der Waals surface area contributed by atoms with Crippen molar-refractivity contribution in [3.63, 3.8) is 0 Å². The first kappa shape index (κ1) is 18.4. The number of hydrogen-bond acceptors (Lipinski definition) is 2. The molecule has 1 aliphatic heterocycles. The highest BCUT2D eigenvalue weighted by Gasteiger charge is 2.42. The maximum Gasteiger partial charge on any atom is 0.230 e. The Morgan fingerprint density at radius 2 is 1.92 bits per heavy atom. The molecule has 1 saturated heterocycles. The smallest absolute Gasteiger partial charge is 0.230 e. The molecule has 1 N–H and O–H groups in total. The lowest BCUT2D eigenvalue weighted by Crippen LogP contribution is -2.44. The normalized spacial score (nSPS) is 23.5. The van der Waals surface area contributed by atoms with E-state index in [-0.39, 0.29) is 11.3 Å². The molecule has 25 heavy (non-hydrogen) atoms. The Labute approximate surface area is 153 Å². The van der Waals surface area contributed by atoms with Crippen LogP contribution >= 0.6 is 0 Å². The van der Waals surface area contributed by atoms with E-state index in [9.17, 15) is 4.79 Å². The highest BCUT2D eigenvalue weighted by atomic mass is 16.2. The minimum atomic E-state index is -0.279. The Kier molecular flexibility index (Phi) is 6.52. The highest BCUT2D eigenvalue weighted by Crippen LogP contribution is 2.41. The van der Waals surface area contributed by atoms with Gasteiger partial charge in [-0.15, -0.1) is 0 Å². The first-order chi connectivity index (χ1) is 12.3. The Bertz CT molecular complexity index is 536. The zero-order chi connectivity index (χ0) is 17.5. The second kappa shape index (κ2) is 8.84. The molecule has 3 heteroatoms. The summed E-state index contributed by atoms with van der Waals surface area (Å²) in [5, 5.41) is 3.27. The molecular formula is C22H34N2O. The molecule has 3 nitrogen and oxygen atoms in total. The number of nitrogens with zero attached hydrogens (tertiary/aromatic N) is 1. The van der Waals surface area contributed by atoms with E-state index in [4.69, 9.17) is 0 Å². The monoisotopic (exact) mass is 342 g/mol. The van der Waals surface area contributed by atoms with Gasteiger partial charge in [-0.2, -0.15) is 0 Å². The van der Waals surface area contributed by atoms with Crippen molar-refractivity contribution in [1.29, 1.82) is 0 Å². The fourth-order valence-corrected chi connectivity index (χ4v) is 4.85. The molecule has 0 unspecified atom stereocenters. The van der Waals surface area contributed by atoms with E-state index in [2.05, 4.69) is 41.4 Å². The van der Waals surface area contributed by atoms with Crippen LogP contribution in [0.5, 0.6) is 0 Å². The van der Waals surface area contributed by atoms with Crippen molar-refractivity contribution < 1.29 is 4.79 Å². The number of nitrogens with one attached hydrogen (secondary N) is 1. The van der Waals surface area contributed by atoms with Crippen LogP contribution in [0, 0.1) is 0 Å². The number of likely N-dealkylation sites (tertiary alicyclic amines) is 1. The number of hydrogen-bond donors (Lipinski definition) is 1. The predicted molar refractivity (Wildman–Crippen MR) is 104 cm³/mol. The van der Waals surface area contributed by atoms with Crippen LogP contribution in [0.2, 0.25) is 0 Å². The summed E-state index contributed by atoms with van der Waals surface area (Å²) in [6, 6.07) is 11.2. The molecule has 2 aliphatic rings. The van der Waals surface area contributed by atoms with Crippen LogP contribution in [-0.2, 0) is 10.2 Å². The van der Waals surface area contributed by atoms with Gasteiger partial charge in [0.25, 0.3) is 0 Å². The van der Waals surface area contributed by atoms with Gasteiger partial charge < -0.3 is 10.2 Å². The number of amides is 1. The van der Waals surface area contributed by atoms with Gasteiger partial charge in [-0.25, -0.2) is 0 Å². The Balaban J connectivity index is 1.51. The Morgan fingerprint density at radius 3 is 2.64 bits per heavy atom. The van der Waals surface area contributed by atoms with Crippen molar-refractivity contribution in [3.8, 4) is 0 Å². The zero-order valence-electron chi connectivity index (χ0n) is 15.8. The van der Waals surface area contributed by atoms with Gasteiger partial charge in [-0.05, 0) is 50.6 Å². The van der Waals surface area contributed by atoms with E-state index >= 15 is 0 Å². The maximum atomic E-state index is 13.0. The van der Waals surface area contributed by atoms with Crippen LogP contribution in [-0.4, -0.2) is 36.5 Å². The van der Waals surface area contributed by atoms with Crippen LogP contribution in [0.15, 0.2) is 30.3 Å². The molecular weight excluding hydrogens is 308 g/mol. The van der Waals surface area contributed by atoms with Gasteiger partial charge in [0.15, 0.2) is 0 Å². The molecule has 1 heterocycles. The molecule has 1 saturated carbocycles. The van der Waals surface area contributed by atoms with Crippen molar-refractivity contribution in [2.45, 2.75) is 76.2 Å². The summed E-state index contributed by atoms with van der Waals surface area (Å²) < 4.78 is 0. The predicted octanol–water partition coefficient (Wildman–Crippen LogP) is 4.27. The van der Waals surface area contributed by atoms with Gasteiger partial charge in [0, 0.05) is 19.1 Å². The van der Waals surface area contributed by atoms with Crippen LogP contribution in [0.4, 0.5) is 0 Å². The summed E-state index contributed by atoms with van der Waals surface area (Å²) in [4.78, 5) is 15.7. The van der Waals surface area contributed by atoms with Crippen molar-refractivity contribution in [3.05, 3.63) is 35.9 Å². The van der Waals surface area contributed by atoms with Crippen molar-refractivity contribution in [1.82, 2.24) is 10.2 Å². The highest BCUT2D eigenvalue weighted by molar-refractivity contribution is 5.88. The lowest BCUT2D eigenvalue weighted by Gasteiger charge is -2.35. The Hall–Kier alpha value is -1.35. The van der Waals surface area contributed by atoms with E-state index in [1.165, 1.54) is 37.8 Å². The van der Waals surface area contributed by atoms with Crippen molar-refractivity contribution >= 4 is 5.91 Å². The van der Waals surface area contributed by atoms with E-state index < -0.39 is 0 Å². The summed E-state index contributed by atoms with van der Waals surface area (Å²) in [7, 11) is 0. The zero-order valence-corrected chi connectivity index (χ0v) is 15.8. The van der Waals surface area contributed by atoms with Crippen LogP contribution in [0.1, 0.15) is 70.3 Å². The van der Waals surface area contributed by atoms with E-state index in [1.807, 2.05) is 6.07 Å². The third-order valence-corrected chi connectivity index (χ3v) is 6.35. The SMILES string of the molecule is CC[C@@H]1CCCCN1CCCNC(=O)C1(c2ccccc2)CCCC1. The average Bonchev–Trinajstić information content (AvgIpc) is 3.17.